The highest BCUT2D eigenvalue weighted by Crippen LogP contribution is 2.31. The van der Waals surface area contributed by atoms with Gasteiger partial charge in [-0.15, -0.1) is 0 Å². The van der Waals surface area contributed by atoms with Crippen LogP contribution in [-0.4, -0.2) is 34.6 Å². The topological polar surface area (TPSA) is 43.5 Å². The van der Waals surface area contributed by atoms with E-state index in [4.69, 9.17) is 0 Å². The van der Waals surface area contributed by atoms with E-state index in [1.54, 1.807) is 0 Å². The summed E-state index contributed by atoms with van der Waals surface area (Å²) in [7, 11) is 0. The SMILES string of the molecule is Cc1cccc(C)c1N1CC[N+](c2c(C)cccc2C)=C1C(=O)O. The smallest absolute Gasteiger partial charge is 0.419 e. The molecule has 0 aliphatic carbocycles. The lowest BCUT2D eigenvalue weighted by atomic mass is 10.1. The maximum atomic E-state index is 12.1. The number of benzene rings is 2. The minimum absolute atomic E-state index is 0.338. The molecule has 0 aromatic heterocycles. The summed E-state index contributed by atoms with van der Waals surface area (Å²) in [6.45, 7) is 9.46. The molecule has 1 N–H and O–H groups in total. The van der Waals surface area contributed by atoms with Gasteiger partial charge in [0.2, 0.25) is 0 Å². The average Bonchev–Trinajstić information content (AvgIpc) is 2.91. The first-order valence-electron chi connectivity index (χ1n) is 8.19. The highest BCUT2D eigenvalue weighted by Gasteiger charge is 2.40. The number of carboxylic acids is 1. The highest BCUT2D eigenvalue weighted by molar-refractivity contribution is 6.38. The van der Waals surface area contributed by atoms with Gasteiger partial charge in [-0.3, -0.25) is 0 Å². The third kappa shape index (κ3) is 2.58. The summed E-state index contributed by atoms with van der Waals surface area (Å²) in [4.78, 5) is 14.0. The van der Waals surface area contributed by atoms with Crippen LogP contribution in [0.1, 0.15) is 22.3 Å². The Hall–Kier alpha value is -2.62. The summed E-state index contributed by atoms with van der Waals surface area (Å²) < 4.78 is 1.94. The molecule has 2 aromatic rings. The van der Waals surface area contributed by atoms with Crippen LogP contribution in [0.5, 0.6) is 0 Å². The van der Waals surface area contributed by atoms with Crippen LogP contribution in [0.25, 0.3) is 0 Å². The van der Waals surface area contributed by atoms with Gasteiger partial charge in [-0.2, -0.15) is 0 Å². The lowest BCUT2D eigenvalue weighted by Gasteiger charge is -2.15. The fraction of sp³-hybridized carbons (Fsp3) is 0.300. The van der Waals surface area contributed by atoms with Gasteiger partial charge in [0.1, 0.15) is 24.5 Å². The summed E-state index contributed by atoms with van der Waals surface area (Å²) in [6.07, 6.45) is 0. The van der Waals surface area contributed by atoms with E-state index in [1.165, 1.54) is 0 Å². The zero-order valence-electron chi connectivity index (χ0n) is 14.6. The normalized spacial score (nSPS) is 14.4. The number of aliphatic carboxylic acids is 1. The molecule has 3 rings (SSSR count). The Morgan fingerprint density at radius 2 is 1.46 bits per heavy atom. The number of para-hydroxylation sites is 2. The highest BCUT2D eigenvalue weighted by atomic mass is 16.4. The number of amidine groups is 1. The van der Waals surface area contributed by atoms with Gasteiger partial charge in [-0.05, 0) is 49.9 Å². The van der Waals surface area contributed by atoms with Crippen molar-refractivity contribution in [3.63, 3.8) is 0 Å². The Labute approximate surface area is 142 Å². The van der Waals surface area contributed by atoms with E-state index in [0.29, 0.717) is 18.9 Å². The van der Waals surface area contributed by atoms with Gasteiger partial charge < -0.3 is 5.11 Å². The van der Waals surface area contributed by atoms with Crippen molar-refractivity contribution in [2.75, 3.05) is 18.0 Å². The molecule has 1 heterocycles. The van der Waals surface area contributed by atoms with Crippen LogP contribution in [0.2, 0.25) is 0 Å². The predicted molar refractivity (Wildman–Crippen MR) is 96.6 cm³/mol. The van der Waals surface area contributed by atoms with Crippen LogP contribution in [-0.2, 0) is 4.79 Å². The largest absolute Gasteiger partial charge is 0.472 e. The summed E-state index contributed by atoms with van der Waals surface area (Å²) in [5, 5.41) is 9.92. The molecule has 4 heteroatoms. The Kier molecular flexibility index (Phi) is 4.14. The van der Waals surface area contributed by atoms with Crippen LogP contribution < -0.4 is 4.90 Å². The quantitative estimate of drug-likeness (QED) is 0.878. The molecule has 0 atom stereocenters. The third-order valence-corrected chi connectivity index (χ3v) is 4.67. The number of hydrogen-bond acceptors (Lipinski definition) is 2. The lowest BCUT2D eigenvalue weighted by molar-refractivity contribution is -0.429. The van der Waals surface area contributed by atoms with Gasteiger partial charge in [0.15, 0.2) is 0 Å². The molecule has 124 valence electrons. The van der Waals surface area contributed by atoms with E-state index >= 15 is 0 Å². The average molecular weight is 323 g/mol. The van der Waals surface area contributed by atoms with Crippen LogP contribution >= 0.6 is 0 Å². The molecule has 0 saturated heterocycles. The Morgan fingerprint density at radius 1 is 0.958 bits per heavy atom. The monoisotopic (exact) mass is 323 g/mol. The molecule has 1 aliphatic rings. The molecule has 0 unspecified atom stereocenters. The first kappa shape index (κ1) is 16.2. The minimum Gasteiger partial charge on any atom is -0.472 e. The molecule has 0 bridgehead atoms. The van der Waals surface area contributed by atoms with Crippen molar-refractivity contribution < 1.29 is 14.5 Å². The van der Waals surface area contributed by atoms with Gasteiger partial charge in [0.25, 0.3) is 0 Å². The molecule has 0 saturated carbocycles. The van der Waals surface area contributed by atoms with E-state index in [0.717, 1.165) is 33.6 Å². The number of nitrogens with zero attached hydrogens (tertiary/aromatic N) is 2. The second-order valence-electron chi connectivity index (χ2n) is 6.41. The molecular weight excluding hydrogens is 300 g/mol. The van der Waals surface area contributed by atoms with Crippen LogP contribution in [0.4, 0.5) is 11.4 Å². The number of carbonyl (C=O) groups is 1. The second kappa shape index (κ2) is 6.11. The molecule has 0 radical (unpaired) electrons. The van der Waals surface area contributed by atoms with Crippen LogP contribution in [0.15, 0.2) is 36.4 Å². The number of aryl methyl sites for hydroxylation is 4. The standard InChI is InChI=1S/C20H22N2O2/c1-13-7-5-8-14(2)17(13)21-11-12-22(19(21)20(23)24)18-15(3)9-6-10-16(18)4/h5-10H,11-12H2,1-4H3/p+1. The number of rotatable bonds is 3. The van der Waals surface area contributed by atoms with Gasteiger partial charge in [-0.25, -0.2) is 14.3 Å². The first-order valence-corrected chi connectivity index (χ1v) is 8.19. The van der Waals surface area contributed by atoms with E-state index in [9.17, 15) is 9.90 Å². The zero-order valence-corrected chi connectivity index (χ0v) is 14.6. The van der Waals surface area contributed by atoms with E-state index in [2.05, 4.69) is 0 Å². The van der Waals surface area contributed by atoms with Crippen molar-refractivity contribution in [3.8, 4) is 0 Å². The third-order valence-electron chi connectivity index (χ3n) is 4.67. The second-order valence-corrected chi connectivity index (χ2v) is 6.41. The van der Waals surface area contributed by atoms with Crippen LogP contribution in [0.3, 0.4) is 0 Å². The van der Waals surface area contributed by atoms with Crippen molar-refractivity contribution in [1.29, 1.82) is 0 Å². The van der Waals surface area contributed by atoms with Crippen molar-refractivity contribution in [3.05, 3.63) is 58.7 Å². The maximum absolute atomic E-state index is 12.1. The number of carboxylic acid groups (broad SMARTS) is 1. The Morgan fingerprint density at radius 3 is 1.96 bits per heavy atom. The van der Waals surface area contributed by atoms with Crippen molar-refractivity contribution in [2.45, 2.75) is 27.7 Å². The summed E-state index contributed by atoms with van der Waals surface area (Å²) in [5.41, 5.74) is 6.38. The van der Waals surface area contributed by atoms with Crippen LogP contribution in [0, 0.1) is 27.7 Å². The molecule has 4 nitrogen and oxygen atoms in total. The number of anilines is 1. The maximum Gasteiger partial charge on any atom is 0.419 e. The Balaban J connectivity index is 2.23. The van der Waals surface area contributed by atoms with Crippen molar-refractivity contribution >= 4 is 23.2 Å². The molecule has 24 heavy (non-hydrogen) atoms. The van der Waals surface area contributed by atoms with Crippen molar-refractivity contribution in [2.24, 2.45) is 0 Å². The Bertz CT molecular complexity index is 812. The van der Waals surface area contributed by atoms with Gasteiger partial charge in [0, 0.05) is 0 Å². The molecular formula is C20H23N2O2+. The fourth-order valence-electron chi connectivity index (χ4n) is 3.69. The summed E-state index contributed by atoms with van der Waals surface area (Å²) in [5.74, 6) is -0.553. The van der Waals surface area contributed by atoms with Crippen molar-refractivity contribution in [1.82, 2.24) is 0 Å². The van der Waals surface area contributed by atoms with Gasteiger partial charge in [0.05, 0.1) is 0 Å². The summed E-state index contributed by atoms with van der Waals surface area (Å²) in [6, 6.07) is 12.1. The molecule has 1 aliphatic heterocycles. The van der Waals surface area contributed by atoms with Gasteiger partial charge >= 0.3 is 11.8 Å². The molecule has 0 amide bonds. The number of hydrogen-bond donors (Lipinski definition) is 1. The zero-order chi connectivity index (χ0) is 17.4. The molecule has 0 fully saturated rings. The molecule has 2 aromatic carbocycles. The summed E-state index contributed by atoms with van der Waals surface area (Å²) >= 11 is 0. The minimum atomic E-state index is -0.891. The van der Waals surface area contributed by atoms with E-state index in [-0.39, 0.29) is 0 Å². The lowest BCUT2D eigenvalue weighted by Crippen LogP contribution is -2.36. The van der Waals surface area contributed by atoms with Gasteiger partial charge in [-0.1, -0.05) is 36.4 Å². The molecule has 0 spiro atoms. The van der Waals surface area contributed by atoms with E-state index < -0.39 is 5.97 Å². The van der Waals surface area contributed by atoms with E-state index in [1.807, 2.05) is 73.6 Å². The fourth-order valence-corrected chi connectivity index (χ4v) is 3.69. The first-order chi connectivity index (χ1) is 11.4. The predicted octanol–water partition coefficient (Wildman–Crippen LogP) is 3.57.